The van der Waals surface area contributed by atoms with E-state index in [0.717, 1.165) is 32.1 Å². The molecule has 1 aliphatic rings. The van der Waals surface area contributed by atoms with E-state index in [1.807, 2.05) is 12.1 Å². The van der Waals surface area contributed by atoms with Crippen molar-refractivity contribution in [1.29, 1.82) is 0 Å². The average Bonchev–Trinajstić information content (AvgIpc) is 2.30. The van der Waals surface area contributed by atoms with E-state index in [9.17, 15) is 0 Å². The minimum atomic E-state index is 0.220. The summed E-state index contributed by atoms with van der Waals surface area (Å²) < 4.78 is 5.55. The number of nitrogen functional groups attached to an aromatic ring is 1. The van der Waals surface area contributed by atoms with E-state index in [4.69, 9.17) is 10.5 Å². The molecule has 1 unspecified atom stereocenters. The van der Waals surface area contributed by atoms with Crippen LogP contribution in [0.15, 0.2) is 18.3 Å². The molecule has 1 saturated heterocycles. The van der Waals surface area contributed by atoms with Crippen LogP contribution < -0.4 is 16.4 Å². The zero-order chi connectivity index (χ0) is 10.5. The molecule has 2 rings (SSSR count). The van der Waals surface area contributed by atoms with Crippen molar-refractivity contribution in [2.24, 2.45) is 0 Å². The normalized spacial score (nSPS) is 21.2. The Morgan fingerprint density at radius 1 is 1.60 bits per heavy atom. The van der Waals surface area contributed by atoms with Gasteiger partial charge in [-0.05, 0) is 12.1 Å². The second-order valence-electron chi connectivity index (χ2n) is 3.55. The monoisotopic (exact) mass is 208 g/mol. The summed E-state index contributed by atoms with van der Waals surface area (Å²) in [6.07, 6.45) is 1.86. The van der Waals surface area contributed by atoms with E-state index in [1.165, 1.54) is 0 Å². The summed E-state index contributed by atoms with van der Waals surface area (Å²) in [5, 5.41) is 6.48. The first-order chi connectivity index (χ1) is 7.34. The second kappa shape index (κ2) is 4.95. The van der Waals surface area contributed by atoms with Gasteiger partial charge in [0.2, 0.25) is 0 Å². The van der Waals surface area contributed by atoms with Gasteiger partial charge in [0.15, 0.2) is 0 Å². The molecular formula is C10H16N4O. The average molecular weight is 208 g/mol. The molecule has 0 saturated carbocycles. The minimum Gasteiger partial charge on any atom is -0.397 e. The predicted molar refractivity (Wildman–Crippen MR) is 59.7 cm³/mol. The molecule has 1 aliphatic heterocycles. The fourth-order valence-corrected chi connectivity index (χ4v) is 1.48. The van der Waals surface area contributed by atoms with Gasteiger partial charge in [0.1, 0.15) is 5.82 Å². The number of ether oxygens (including phenoxy) is 1. The first-order valence-electron chi connectivity index (χ1n) is 5.12. The van der Waals surface area contributed by atoms with Gasteiger partial charge in [-0.2, -0.15) is 0 Å². The molecule has 2 heterocycles. The van der Waals surface area contributed by atoms with Gasteiger partial charge in [-0.3, -0.25) is 0 Å². The van der Waals surface area contributed by atoms with Gasteiger partial charge in [0.05, 0.1) is 24.6 Å². The highest BCUT2D eigenvalue weighted by atomic mass is 16.5. The number of hydrogen-bond acceptors (Lipinski definition) is 5. The van der Waals surface area contributed by atoms with E-state index in [-0.39, 0.29) is 6.10 Å². The van der Waals surface area contributed by atoms with Gasteiger partial charge >= 0.3 is 0 Å². The highest BCUT2D eigenvalue weighted by Gasteiger charge is 2.12. The maximum Gasteiger partial charge on any atom is 0.126 e. The lowest BCUT2D eigenvalue weighted by molar-refractivity contribution is 0.0372. The van der Waals surface area contributed by atoms with Crippen LogP contribution in [0.1, 0.15) is 0 Å². The third kappa shape index (κ3) is 3.07. The van der Waals surface area contributed by atoms with Gasteiger partial charge < -0.3 is 21.1 Å². The lowest BCUT2D eigenvalue weighted by atomic mass is 10.3. The molecule has 5 heteroatoms. The number of hydrogen-bond donors (Lipinski definition) is 3. The van der Waals surface area contributed by atoms with Crippen molar-refractivity contribution in [3.05, 3.63) is 18.3 Å². The van der Waals surface area contributed by atoms with Crippen molar-refractivity contribution in [1.82, 2.24) is 10.3 Å². The lowest BCUT2D eigenvalue weighted by Crippen LogP contribution is -2.42. The molecule has 0 aromatic carbocycles. The Bertz CT molecular complexity index is 295. The quantitative estimate of drug-likeness (QED) is 0.655. The number of nitrogens with one attached hydrogen (secondary N) is 2. The van der Waals surface area contributed by atoms with E-state index in [2.05, 4.69) is 15.6 Å². The summed E-state index contributed by atoms with van der Waals surface area (Å²) in [7, 11) is 0. The Morgan fingerprint density at radius 2 is 2.53 bits per heavy atom. The summed E-state index contributed by atoms with van der Waals surface area (Å²) in [5.74, 6) is 0.832. The van der Waals surface area contributed by atoms with Gasteiger partial charge in [0, 0.05) is 19.6 Å². The highest BCUT2D eigenvalue weighted by Crippen LogP contribution is 2.06. The van der Waals surface area contributed by atoms with Crippen LogP contribution in [0.3, 0.4) is 0 Å². The second-order valence-corrected chi connectivity index (χ2v) is 3.55. The molecule has 0 bridgehead atoms. The van der Waals surface area contributed by atoms with E-state index in [0.29, 0.717) is 5.69 Å². The molecular weight excluding hydrogens is 192 g/mol. The first kappa shape index (κ1) is 10.2. The smallest absolute Gasteiger partial charge is 0.126 e. The van der Waals surface area contributed by atoms with Crippen LogP contribution in [-0.4, -0.2) is 37.3 Å². The van der Waals surface area contributed by atoms with E-state index in [1.54, 1.807) is 6.20 Å². The summed E-state index contributed by atoms with van der Waals surface area (Å²) in [6.45, 7) is 3.38. The molecule has 15 heavy (non-hydrogen) atoms. The first-order valence-corrected chi connectivity index (χ1v) is 5.12. The number of pyridine rings is 1. The summed E-state index contributed by atoms with van der Waals surface area (Å²) >= 11 is 0. The molecule has 0 aliphatic carbocycles. The van der Waals surface area contributed by atoms with Crippen LogP contribution in [0.4, 0.5) is 11.5 Å². The largest absolute Gasteiger partial charge is 0.397 e. The fraction of sp³-hybridized carbons (Fsp3) is 0.500. The van der Waals surface area contributed by atoms with Crippen LogP contribution in [0.5, 0.6) is 0 Å². The summed E-state index contributed by atoms with van der Waals surface area (Å²) in [6, 6.07) is 3.70. The molecule has 4 N–H and O–H groups in total. The molecule has 0 radical (unpaired) electrons. The molecule has 1 aromatic rings. The topological polar surface area (TPSA) is 72.2 Å². The number of anilines is 2. The Kier molecular flexibility index (Phi) is 3.37. The number of morpholine rings is 1. The van der Waals surface area contributed by atoms with Crippen molar-refractivity contribution in [3.63, 3.8) is 0 Å². The van der Waals surface area contributed by atoms with Crippen LogP contribution in [-0.2, 0) is 4.74 Å². The molecule has 5 nitrogen and oxygen atoms in total. The third-order valence-corrected chi connectivity index (χ3v) is 2.30. The zero-order valence-electron chi connectivity index (χ0n) is 8.57. The number of nitrogens with zero attached hydrogens (tertiary/aromatic N) is 1. The standard InChI is InChI=1S/C10H16N4O/c11-8-1-2-10(13-5-8)14-7-9-6-12-3-4-15-9/h1-2,5,9,12H,3-4,6-7,11H2,(H,13,14). The number of nitrogens with two attached hydrogens (primary N) is 1. The zero-order valence-corrected chi connectivity index (χ0v) is 8.57. The van der Waals surface area contributed by atoms with Crippen molar-refractivity contribution in [2.75, 3.05) is 37.3 Å². The third-order valence-electron chi connectivity index (χ3n) is 2.30. The van der Waals surface area contributed by atoms with Gasteiger partial charge in [0.25, 0.3) is 0 Å². The maximum absolute atomic E-state index is 5.55. The molecule has 1 aromatic heterocycles. The van der Waals surface area contributed by atoms with E-state index >= 15 is 0 Å². The summed E-state index contributed by atoms with van der Waals surface area (Å²) in [4.78, 5) is 4.15. The van der Waals surface area contributed by atoms with Gasteiger partial charge in [-0.1, -0.05) is 0 Å². The minimum absolute atomic E-state index is 0.220. The Morgan fingerprint density at radius 3 is 3.20 bits per heavy atom. The number of rotatable bonds is 3. The SMILES string of the molecule is Nc1ccc(NCC2CNCCO2)nc1. The van der Waals surface area contributed by atoms with E-state index < -0.39 is 0 Å². The van der Waals surface area contributed by atoms with Crippen LogP contribution in [0.25, 0.3) is 0 Å². The van der Waals surface area contributed by atoms with Crippen molar-refractivity contribution in [3.8, 4) is 0 Å². The Balaban J connectivity index is 1.79. The van der Waals surface area contributed by atoms with Crippen LogP contribution in [0.2, 0.25) is 0 Å². The maximum atomic E-state index is 5.55. The molecule has 1 fully saturated rings. The predicted octanol–water partition coefficient (Wildman–Crippen LogP) is 0.0641. The molecule has 0 amide bonds. The van der Waals surface area contributed by atoms with Crippen LogP contribution >= 0.6 is 0 Å². The Labute approximate surface area is 89.0 Å². The Hall–Kier alpha value is -1.33. The van der Waals surface area contributed by atoms with Gasteiger partial charge in [-0.15, -0.1) is 0 Å². The molecule has 0 spiro atoms. The molecule has 1 atom stereocenters. The lowest BCUT2D eigenvalue weighted by Gasteiger charge is -2.23. The van der Waals surface area contributed by atoms with Crippen molar-refractivity contribution >= 4 is 11.5 Å². The van der Waals surface area contributed by atoms with Gasteiger partial charge in [-0.25, -0.2) is 4.98 Å². The van der Waals surface area contributed by atoms with Crippen LogP contribution in [0, 0.1) is 0 Å². The van der Waals surface area contributed by atoms with Crippen molar-refractivity contribution in [2.45, 2.75) is 6.10 Å². The van der Waals surface area contributed by atoms with Crippen molar-refractivity contribution < 1.29 is 4.74 Å². The highest BCUT2D eigenvalue weighted by molar-refractivity contribution is 5.43. The molecule has 82 valence electrons. The fourth-order valence-electron chi connectivity index (χ4n) is 1.48. The number of aromatic nitrogens is 1. The summed E-state index contributed by atoms with van der Waals surface area (Å²) in [5.41, 5.74) is 6.22.